The van der Waals surface area contributed by atoms with E-state index in [1.165, 1.54) is 0 Å². The normalized spacial score (nSPS) is 23.5. The molecule has 94 valence electrons. The van der Waals surface area contributed by atoms with E-state index in [-0.39, 0.29) is 11.7 Å². The lowest BCUT2D eigenvalue weighted by molar-refractivity contribution is -0.122. The van der Waals surface area contributed by atoms with Gasteiger partial charge in [-0.05, 0) is 31.5 Å². The van der Waals surface area contributed by atoms with Crippen LogP contribution in [0, 0.1) is 0 Å². The van der Waals surface area contributed by atoms with Gasteiger partial charge in [0, 0.05) is 25.5 Å². The Morgan fingerprint density at radius 2 is 2.24 bits per heavy atom. The molecule has 2 rings (SSSR count). The molecule has 1 unspecified atom stereocenters. The molecule has 0 spiro atoms. The number of ether oxygens (including phenoxy) is 2. The predicted octanol–water partition coefficient (Wildman–Crippen LogP) is 1.37. The number of hydrogen-bond acceptors (Lipinski definition) is 4. The third-order valence-electron chi connectivity index (χ3n) is 2.73. The molecule has 4 nitrogen and oxygen atoms in total. The highest BCUT2D eigenvalue weighted by Gasteiger charge is 2.28. The number of morpholine rings is 1. The van der Waals surface area contributed by atoms with Crippen LogP contribution >= 0.6 is 0 Å². The number of nitrogens with zero attached hydrogens (tertiary/aromatic N) is 1. The number of rotatable bonds is 4. The van der Waals surface area contributed by atoms with Crippen molar-refractivity contribution in [1.82, 2.24) is 10.3 Å². The minimum absolute atomic E-state index is 0.0943. The molecule has 0 aromatic carbocycles. The molecule has 1 atom stereocenters. The van der Waals surface area contributed by atoms with Crippen molar-refractivity contribution in [2.75, 3.05) is 19.7 Å². The second-order valence-corrected chi connectivity index (χ2v) is 5.00. The Morgan fingerprint density at radius 3 is 2.94 bits per heavy atom. The van der Waals surface area contributed by atoms with Gasteiger partial charge in [-0.25, -0.2) is 0 Å². The summed E-state index contributed by atoms with van der Waals surface area (Å²) in [5.41, 5.74) is 1.05. The summed E-state index contributed by atoms with van der Waals surface area (Å²) < 4.78 is 11.6. The first-order valence-corrected chi connectivity index (χ1v) is 6.01. The van der Waals surface area contributed by atoms with Gasteiger partial charge in [-0.15, -0.1) is 0 Å². The molecule has 0 amide bonds. The van der Waals surface area contributed by atoms with Crippen molar-refractivity contribution in [1.29, 1.82) is 0 Å². The van der Waals surface area contributed by atoms with Crippen molar-refractivity contribution in [3.63, 3.8) is 0 Å². The maximum atomic E-state index is 5.91. The van der Waals surface area contributed by atoms with Crippen molar-refractivity contribution in [3.8, 4) is 0 Å². The molecule has 4 heteroatoms. The van der Waals surface area contributed by atoms with Gasteiger partial charge in [-0.2, -0.15) is 0 Å². The van der Waals surface area contributed by atoms with Gasteiger partial charge in [0.25, 0.3) is 0 Å². The Hall–Kier alpha value is -0.970. The van der Waals surface area contributed by atoms with E-state index in [0.29, 0.717) is 13.2 Å². The SMILES string of the molecule is CC1(C)CNCC(COCc2ccncc2)O1. The van der Waals surface area contributed by atoms with E-state index in [0.717, 1.165) is 18.7 Å². The molecular weight excluding hydrogens is 216 g/mol. The lowest BCUT2D eigenvalue weighted by Crippen LogP contribution is -2.51. The van der Waals surface area contributed by atoms with Crippen molar-refractivity contribution in [2.24, 2.45) is 0 Å². The molecular formula is C13H20N2O2. The first-order valence-electron chi connectivity index (χ1n) is 6.01. The van der Waals surface area contributed by atoms with E-state index in [4.69, 9.17) is 9.47 Å². The van der Waals surface area contributed by atoms with Crippen LogP contribution in [-0.2, 0) is 16.1 Å². The Labute approximate surface area is 102 Å². The zero-order chi connectivity index (χ0) is 12.1. The zero-order valence-corrected chi connectivity index (χ0v) is 10.5. The van der Waals surface area contributed by atoms with Crippen LogP contribution in [0.15, 0.2) is 24.5 Å². The van der Waals surface area contributed by atoms with E-state index < -0.39 is 0 Å². The summed E-state index contributed by atoms with van der Waals surface area (Å²) in [7, 11) is 0. The monoisotopic (exact) mass is 236 g/mol. The van der Waals surface area contributed by atoms with Gasteiger partial charge in [0.15, 0.2) is 0 Å². The Balaban J connectivity index is 1.72. The van der Waals surface area contributed by atoms with Gasteiger partial charge in [-0.1, -0.05) is 0 Å². The van der Waals surface area contributed by atoms with Gasteiger partial charge in [-0.3, -0.25) is 4.98 Å². The first-order chi connectivity index (χ1) is 8.16. The van der Waals surface area contributed by atoms with E-state index in [1.807, 2.05) is 12.1 Å². The highest BCUT2D eigenvalue weighted by atomic mass is 16.5. The highest BCUT2D eigenvalue weighted by molar-refractivity contribution is 5.07. The molecule has 1 aromatic rings. The molecule has 1 fully saturated rings. The fourth-order valence-electron chi connectivity index (χ4n) is 1.95. The highest BCUT2D eigenvalue weighted by Crippen LogP contribution is 2.15. The van der Waals surface area contributed by atoms with E-state index in [1.54, 1.807) is 12.4 Å². The van der Waals surface area contributed by atoms with Crippen LogP contribution in [0.5, 0.6) is 0 Å². The Kier molecular flexibility index (Phi) is 4.10. The van der Waals surface area contributed by atoms with Gasteiger partial charge in [0.05, 0.1) is 24.9 Å². The summed E-state index contributed by atoms with van der Waals surface area (Å²) in [5.74, 6) is 0. The molecule has 0 radical (unpaired) electrons. The summed E-state index contributed by atoms with van der Waals surface area (Å²) in [4.78, 5) is 3.97. The number of pyridine rings is 1. The Bertz CT molecular complexity index is 341. The van der Waals surface area contributed by atoms with Gasteiger partial charge in [0.2, 0.25) is 0 Å². The van der Waals surface area contributed by atoms with Crippen LogP contribution < -0.4 is 5.32 Å². The summed E-state index contributed by atoms with van der Waals surface area (Å²) >= 11 is 0. The summed E-state index contributed by atoms with van der Waals surface area (Å²) in [5, 5.41) is 3.36. The van der Waals surface area contributed by atoms with Crippen molar-refractivity contribution in [3.05, 3.63) is 30.1 Å². The average Bonchev–Trinajstić information content (AvgIpc) is 2.29. The number of hydrogen-bond donors (Lipinski definition) is 1. The maximum Gasteiger partial charge on any atom is 0.0940 e. The summed E-state index contributed by atoms with van der Waals surface area (Å²) in [6.45, 7) is 7.18. The smallest absolute Gasteiger partial charge is 0.0940 e. The van der Waals surface area contributed by atoms with Crippen LogP contribution in [0.25, 0.3) is 0 Å². The summed E-state index contributed by atoms with van der Waals surface area (Å²) in [6.07, 6.45) is 3.70. The first kappa shape index (κ1) is 12.5. The molecule has 0 saturated carbocycles. The summed E-state index contributed by atoms with van der Waals surface area (Å²) in [6, 6.07) is 3.92. The molecule has 0 bridgehead atoms. The van der Waals surface area contributed by atoms with Crippen LogP contribution in [-0.4, -0.2) is 36.4 Å². The predicted molar refractivity (Wildman–Crippen MR) is 65.7 cm³/mol. The average molecular weight is 236 g/mol. The molecule has 17 heavy (non-hydrogen) atoms. The minimum Gasteiger partial charge on any atom is -0.374 e. The van der Waals surface area contributed by atoms with E-state index >= 15 is 0 Å². The second kappa shape index (κ2) is 5.58. The van der Waals surface area contributed by atoms with Gasteiger partial charge >= 0.3 is 0 Å². The fraction of sp³-hybridized carbons (Fsp3) is 0.615. The molecule has 2 heterocycles. The topological polar surface area (TPSA) is 43.4 Å². The largest absolute Gasteiger partial charge is 0.374 e. The van der Waals surface area contributed by atoms with E-state index in [2.05, 4.69) is 24.1 Å². The van der Waals surface area contributed by atoms with Crippen LogP contribution in [0.1, 0.15) is 19.4 Å². The number of nitrogens with one attached hydrogen (secondary N) is 1. The lowest BCUT2D eigenvalue weighted by atomic mass is 10.1. The quantitative estimate of drug-likeness (QED) is 0.857. The molecule has 1 aliphatic heterocycles. The maximum absolute atomic E-state index is 5.91. The van der Waals surface area contributed by atoms with Crippen LogP contribution in [0.2, 0.25) is 0 Å². The van der Waals surface area contributed by atoms with Crippen molar-refractivity contribution < 1.29 is 9.47 Å². The second-order valence-electron chi connectivity index (χ2n) is 5.00. The zero-order valence-electron chi connectivity index (χ0n) is 10.5. The van der Waals surface area contributed by atoms with E-state index in [9.17, 15) is 0 Å². The third-order valence-corrected chi connectivity index (χ3v) is 2.73. The molecule has 1 saturated heterocycles. The lowest BCUT2D eigenvalue weighted by Gasteiger charge is -2.36. The van der Waals surface area contributed by atoms with Crippen molar-refractivity contribution in [2.45, 2.75) is 32.2 Å². The van der Waals surface area contributed by atoms with Crippen molar-refractivity contribution >= 4 is 0 Å². The standard InChI is InChI=1S/C13H20N2O2/c1-13(2)10-15-7-12(17-13)9-16-8-11-3-5-14-6-4-11/h3-6,12,15H,7-10H2,1-2H3. The fourth-order valence-corrected chi connectivity index (χ4v) is 1.95. The third kappa shape index (κ3) is 4.07. The Morgan fingerprint density at radius 1 is 1.47 bits per heavy atom. The van der Waals surface area contributed by atoms with Gasteiger partial charge in [0.1, 0.15) is 0 Å². The van der Waals surface area contributed by atoms with Gasteiger partial charge < -0.3 is 14.8 Å². The molecule has 1 aromatic heterocycles. The molecule has 0 aliphatic carbocycles. The van der Waals surface area contributed by atoms with Crippen LogP contribution in [0.4, 0.5) is 0 Å². The minimum atomic E-state index is -0.0943. The molecule has 1 N–H and O–H groups in total. The van der Waals surface area contributed by atoms with Crippen LogP contribution in [0.3, 0.4) is 0 Å². The number of aromatic nitrogens is 1. The molecule has 1 aliphatic rings.